The predicted molar refractivity (Wildman–Crippen MR) is 64.1 cm³/mol. The van der Waals surface area contributed by atoms with E-state index >= 15 is 0 Å². The molecule has 1 rings (SSSR count). The molecule has 0 saturated carbocycles. The van der Waals surface area contributed by atoms with Crippen molar-refractivity contribution in [3.63, 3.8) is 0 Å². The second kappa shape index (κ2) is 6.26. The van der Waals surface area contributed by atoms with Gasteiger partial charge in [-0.1, -0.05) is 13.0 Å². The van der Waals surface area contributed by atoms with Crippen LogP contribution in [0.15, 0.2) is 12.7 Å². The number of nitrogens with zero attached hydrogens (tertiary/aromatic N) is 1. The number of hydrogen-bond acceptors (Lipinski definition) is 3. The Morgan fingerprint density at radius 1 is 1.60 bits per heavy atom. The number of hydrogen-bond donors (Lipinski definition) is 1. The largest absolute Gasteiger partial charge is 0.374 e. The van der Waals surface area contributed by atoms with Gasteiger partial charge in [0, 0.05) is 19.1 Å². The average Bonchev–Trinajstić information content (AvgIpc) is 2.26. The van der Waals surface area contributed by atoms with Crippen molar-refractivity contribution in [3.8, 4) is 0 Å². The lowest BCUT2D eigenvalue weighted by molar-refractivity contribution is -0.0479. The zero-order valence-corrected chi connectivity index (χ0v) is 10.2. The smallest absolute Gasteiger partial charge is 0.0890 e. The highest BCUT2D eigenvalue weighted by atomic mass is 16.5. The second-order valence-corrected chi connectivity index (χ2v) is 4.32. The zero-order chi connectivity index (χ0) is 11.3. The molecule has 3 heteroatoms. The molecule has 0 aromatic rings. The molecule has 1 aliphatic rings. The Kier molecular flexibility index (Phi) is 5.29. The molecule has 0 radical (unpaired) electrons. The van der Waals surface area contributed by atoms with Crippen molar-refractivity contribution in [2.24, 2.45) is 0 Å². The average molecular weight is 212 g/mol. The van der Waals surface area contributed by atoms with Gasteiger partial charge in [-0.2, -0.15) is 0 Å². The van der Waals surface area contributed by atoms with E-state index in [0.717, 1.165) is 26.2 Å². The van der Waals surface area contributed by atoms with Gasteiger partial charge < -0.3 is 10.1 Å². The maximum Gasteiger partial charge on any atom is 0.0890 e. The normalized spacial score (nSPS) is 25.5. The van der Waals surface area contributed by atoms with Gasteiger partial charge in [0.25, 0.3) is 0 Å². The van der Waals surface area contributed by atoms with E-state index < -0.39 is 0 Å². The Morgan fingerprint density at radius 2 is 2.33 bits per heavy atom. The van der Waals surface area contributed by atoms with E-state index in [9.17, 15) is 0 Å². The molecule has 1 saturated heterocycles. The summed E-state index contributed by atoms with van der Waals surface area (Å²) in [6.45, 7) is 14.3. The maximum atomic E-state index is 5.79. The Morgan fingerprint density at radius 3 is 2.87 bits per heavy atom. The Bertz CT molecular complexity index is 194. The standard InChI is InChI=1S/C12H24N2O/c1-5-11(13-6-2)12-9-14(10(3)4)7-8-15-12/h5,10-13H,1,6-9H2,2-4H3. The molecule has 1 heterocycles. The summed E-state index contributed by atoms with van der Waals surface area (Å²) in [7, 11) is 0. The van der Waals surface area contributed by atoms with Gasteiger partial charge in [-0.15, -0.1) is 6.58 Å². The number of morpholine rings is 1. The van der Waals surface area contributed by atoms with E-state index in [1.165, 1.54) is 0 Å². The molecule has 3 nitrogen and oxygen atoms in total. The summed E-state index contributed by atoms with van der Waals surface area (Å²) in [6, 6.07) is 0.875. The van der Waals surface area contributed by atoms with Crippen LogP contribution in [-0.4, -0.2) is 49.3 Å². The van der Waals surface area contributed by atoms with Gasteiger partial charge in [0.1, 0.15) is 0 Å². The van der Waals surface area contributed by atoms with Crippen LogP contribution in [0.25, 0.3) is 0 Å². The fourth-order valence-corrected chi connectivity index (χ4v) is 1.98. The number of likely N-dealkylation sites (N-methyl/N-ethyl adjacent to an activating group) is 1. The summed E-state index contributed by atoms with van der Waals surface area (Å²) >= 11 is 0. The fraction of sp³-hybridized carbons (Fsp3) is 0.833. The van der Waals surface area contributed by atoms with Crippen molar-refractivity contribution in [1.29, 1.82) is 0 Å². The van der Waals surface area contributed by atoms with Crippen molar-refractivity contribution >= 4 is 0 Å². The van der Waals surface area contributed by atoms with Crippen LogP contribution in [0.4, 0.5) is 0 Å². The molecule has 2 atom stereocenters. The molecule has 2 unspecified atom stereocenters. The first-order valence-corrected chi connectivity index (χ1v) is 5.90. The molecule has 0 amide bonds. The van der Waals surface area contributed by atoms with E-state index in [1.54, 1.807) is 0 Å². The Hall–Kier alpha value is -0.380. The Balaban J connectivity index is 2.49. The molecular weight excluding hydrogens is 188 g/mol. The van der Waals surface area contributed by atoms with Crippen LogP contribution >= 0.6 is 0 Å². The molecule has 1 N–H and O–H groups in total. The summed E-state index contributed by atoms with van der Waals surface area (Å²) < 4.78 is 5.79. The van der Waals surface area contributed by atoms with Crippen molar-refractivity contribution < 1.29 is 4.74 Å². The highest BCUT2D eigenvalue weighted by molar-refractivity contribution is 4.94. The van der Waals surface area contributed by atoms with Crippen molar-refractivity contribution in [1.82, 2.24) is 10.2 Å². The molecule has 0 bridgehead atoms. The van der Waals surface area contributed by atoms with Crippen LogP contribution < -0.4 is 5.32 Å². The minimum Gasteiger partial charge on any atom is -0.374 e. The van der Waals surface area contributed by atoms with Crippen LogP contribution in [-0.2, 0) is 4.74 Å². The van der Waals surface area contributed by atoms with Gasteiger partial charge in [0.15, 0.2) is 0 Å². The molecule has 0 aliphatic carbocycles. The van der Waals surface area contributed by atoms with Crippen molar-refractivity contribution in [2.75, 3.05) is 26.2 Å². The highest BCUT2D eigenvalue weighted by Crippen LogP contribution is 2.12. The molecule has 88 valence electrons. The number of nitrogens with one attached hydrogen (secondary N) is 1. The SMILES string of the molecule is C=CC(NCC)C1CN(C(C)C)CCO1. The van der Waals surface area contributed by atoms with Gasteiger partial charge >= 0.3 is 0 Å². The van der Waals surface area contributed by atoms with E-state index in [2.05, 4.69) is 37.6 Å². The van der Waals surface area contributed by atoms with Crippen LogP contribution in [0, 0.1) is 0 Å². The number of ether oxygens (including phenoxy) is 1. The molecule has 1 aliphatic heterocycles. The molecule has 15 heavy (non-hydrogen) atoms. The van der Waals surface area contributed by atoms with Crippen LogP contribution in [0.2, 0.25) is 0 Å². The lowest BCUT2D eigenvalue weighted by atomic mass is 10.1. The third kappa shape index (κ3) is 3.59. The first-order valence-electron chi connectivity index (χ1n) is 5.90. The van der Waals surface area contributed by atoms with Crippen LogP contribution in [0.1, 0.15) is 20.8 Å². The van der Waals surface area contributed by atoms with Gasteiger partial charge in [-0.3, -0.25) is 4.90 Å². The summed E-state index contributed by atoms with van der Waals surface area (Å²) in [4.78, 5) is 2.46. The first kappa shape index (κ1) is 12.7. The summed E-state index contributed by atoms with van der Waals surface area (Å²) in [5.74, 6) is 0. The third-order valence-corrected chi connectivity index (χ3v) is 2.95. The molecule has 0 aromatic carbocycles. The summed E-state index contributed by atoms with van der Waals surface area (Å²) in [6.07, 6.45) is 2.21. The minimum atomic E-state index is 0.249. The summed E-state index contributed by atoms with van der Waals surface area (Å²) in [5.41, 5.74) is 0. The van der Waals surface area contributed by atoms with Crippen LogP contribution in [0.3, 0.4) is 0 Å². The maximum absolute atomic E-state index is 5.79. The van der Waals surface area contributed by atoms with Crippen LogP contribution in [0.5, 0.6) is 0 Å². The zero-order valence-electron chi connectivity index (χ0n) is 10.2. The van der Waals surface area contributed by atoms with Crippen molar-refractivity contribution in [2.45, 2.75) is 39.0 Å². The van der Waals surface area contributed by atoms with Gasteiger partial charge in [-0.25, -0.2) is 0 Å². The third-order valence-electron chi connectivity index (χ3n) is 2.95. The summed E-state index contributed by atoms with van der Waals surface area (Å²) in [5, 5.41) is 3.39. The monoisotopic (exact) mass is 212 g/mol. The van der Waals surface area contributed by atoms with Crippen molar-refractivity contribution in [3.05, 3.63) is 12.7 Å². The lowest BCUT2D eigenvalue weighted by Gasteiger charge is -2.38. The topological polar surface area (TPSA) is 24.5 Å². The van der Waals surface area contributed by atoms with Gasteiger partial charge in [-0.05, 0) is 20.4 Å². The predicted octanol–water partition coefficient (Wildman–Crippen LogP) is 1.26. The van der Waals surface area contributed by atoms with E-state index in [-0.39, 0.29) is 12.1 Å². The second-order valence-electron chi connectivity index (χ2n) is 4.32. The molecule has 1 fully saturated rings. The minimum absolute atomic E-state index is 0.249. The van der Waals surface area contributed by atoms with E-state index in [0.29, 0.717) is 6.04 Å². The molecule has 0 spiro atoms. The fourth-order valence-electron chi connectivity index (χ4n) is 1.98. The van der Waals surface area contributed by atoms with Gasteiger partial charge in [0.05, 0.1) is 18.8 Å². The quantitative estimate of drug-likeness (QED) is 0.694. The number of rotatable bonds is 5. The first-order chi connectivity index (χ1) is 7.19. The highest BCUT2D eigenvalue weighted by Gasteiger charge is 2.26. The van der Waals surface area contributed by atoms with E-state index in [4.69, 9.17) is 4.74 Å². The molecular formula is C12H24N2O. The van der Waals surface area contributed by atoms with Gasteiger partial charge in [0.2, 0.25) is 0 Å². The van der Waals surface area contributed by atoms with E-state index in [1.807, 2.05) is 6.08 Å². The molecule has 0 aromatic heterocycles. The lowest BCUT2D eigenvalue weighted by Crippen LogP contribution is -2.53. The Labute approximate surface area is 93.5 Å².